The Balaban J connectivity index is 1.68. The number of aromatic nitrogens is 2. The maximum Gasteiger partial charge on any atom is 0.240 e. The van der Waals surface area contributed by atoms with E-state index in [4.69, 9.17) is 14.6 Å². The van der Waals surface area contributed by atoms with Crippen LogP contribution < -0.4 is 4.90 Å². The largest absolute Gasteiger partial charge is 0.367 e. The predicted octanol–water partition coefficient (Wildman–Crippen LogP) is 1.54. The van der Waals surface area contributed by atoms with E-state index in [-0.39, 0.29) is 28.4 Å². The van der Waals surface area contributed by atoms with Crippen molar-refractivity contribution in [2.24, 2.45) is 11.8 Å². The highest BCUT2D eigenvalue weighted by molar-refractivity contribution is 6.25. The second-order valence-electron chi connectivity index (χ2n) is 7.40. The molecule has 0 spiro atoms. The molecule has 0 radical (unpaired) electrons. The Labute approximate surface area is 142 Å². The number of hydrogen-bond acceptors (Lipinski definition) is 7. The lowest BCUT2D eigenvalue weighted by Crippen LogP contribution is -2.40. The number of nitrogens with zero attached hydrogens (tertiary/aromatic N) is 4. The molecule has 4 atom stereocenters. The number of carbonyl (C=O) groups excluding carboxylic acids is 2. The summed E-state index contributed by atoms with van der Waals surface area (Å²) < 4.78 is 10.8. The topological polar surface area (TPSA) is 109 Å². The van der Waals surface area contributed by atoms with Gasteiger partial charge in [-0.1, -0.05) is 0 Å². The molecule has 5 rings (SSSR count). The molecule has 2 bridgehead atoms. The number of benzene rings is 1. The van der Waals surface area contributed by atoms with Crippen LogP contribution in [0.5, 0.6) is 0 Å². The van der Waals surface area contributed by atoms with Crippen LogP contribution in [0.1, 0.15) is 32.3 Å². The molecule has 2 amide bonds. The molecule has 0 saturated carbocycles. The monoisotopic (exact) mass is 338 g/mol. The van der Waals surface area contributed by atoms with Gasteiger partial charge in [-0.3, -0.25) is 9.59 Å². The summed E-state index contributed by atoms with van der Waals surface area (Å²) in [6.45, 7) is 3.81. The molecule has 3 saturated heterocycles. The minimum Gasteiger partial charge on any atom is -0.367 e. The molecule has 8 heteroatoms. The Hall–Kier alpha value is -2.79. The molecular formula is C17H14N4O4. The smallest absolute Gasteiger partial charge is 0.240 e. The fraction of sp³-hybridized carbons (Fsp3) is 0.471. The van der Waals surface area contributed by atoms with Gasteiger partial charge in [0.05, 0.1) is 34.3 Å². The summed E-state index contributed by atoms with van der Waals surface area (Å²) in [7, 11) is 0. The first-order chi connectivity index (χ1) is 11.9. The molecular weight excluding hydrogens is 324 g/mol. The molecule has 4 unspecified atom stereocenters. The number of anilines is 1. The number of amides is 2. The van der Waals surface area contributed by atoms with E-state index in [1.165, 1.54) is 11.0 Å². The maximum atomic E-state index is 13.1. The molecule has 126 valence electrons. The number of carbonyl (C=O) groups is 2. The Morgan fingerprint density at radius 2 is 1.72 bits per heavy atom. The van der Waals surface area contributed by atoms with Crippen LogP contribution >= 0.6 is 0 Å². The molecule has 8 nitrogen and oxygen atoms in total. The van der Waals surface area contributed by atoms with Gasteiger partial charge in [-0.2, -0.15) is 5.26 Å². The molecule has 0 aliphatic carbocycles. The summed E-state index contributed by atoms with van der Waals surface area (Å²) in [5, 5.41) is 16.7. The lowest BCUT2D eigenvalue weighted by atomic mass is 9.69. The normalized spacial score (nSPS) is 36.3. The lowest BCUT2D eigenvalue weighted by molar-refractivity contribution is -0.129. The molecule has 3 aliphatic heterocycles. The molecule has 2 aromatic rings. The van der Waals surface area contributed by atoms with Crippen LogP contribution in [0, 0.1) is 23.2 Å². The third-order valence-corrected chi connectivity index (χ3v) is 5.96. The molecule has 25 heavy (non-hydrogen) atoms. The van der Waals surface area contributed by atoms with E-state index >= 15 is 0 Å². The van der Waals surface area contributed by atoms with Gasteiger partial charge in [0, 0.05) is 0 Å². The van der Waals surface area contributed by atoms with Crippen LogP contribution in [-0.2, 0) is 14.3 Å². The first kappa shape index (κ1) is 14.5. The summed E-state index contributed by atoms with van der Waals surface area (Å²) in [6, 6.07) is 5.07. The van der Waals surface area contributed by atoms with Crippen molar-refractivity contribution in [1.29, 1.82) is 5.26 Å². The van der Waals surface area contributed by atoms with Crippen molar-refractivity contribution >= 4 is 28.5 Å². The fourth-order valence-corrected chi connectivity index (χ4v) is 4.83. The number of fused-ring (bicyclic) bond motifs is 6. The van der Waals surface area contributed by atoms with Gasteiger partial charge in [0.2, 0.25) is 11.8 Å². The summed E-state index contributed by atoms with van der Waals surface area (Å²) in [4.78, 5) is 27.4. The highest BCUT2D eigenvalue weighted by Crippen LogP contribution is 2.61. The third kappa shape index (κ3) is 1.54. The minimum atomic E-state index is -0.616. The van der Waals surface area contributed by atoms with Crippen LogP contribution in [0.25, 0.3) is 11.0 Å². The van der Waals surface area contributed by atoms with E-state index < -0.39 is 23.0 Å². The zero-order valence-corrected chi connectivity index (χ0v) is 13.6. The number of nitriles is 1. The molecule has 4 heterocycles. The van der Waals surface area contributed by atoms with Crippen molar-refractivity contribution in [3.05, 3.63) is 17.7 Å². The van der Waals surface area contributed by atoms with Gasteiger partial charge in [-0.25, -0.2) is 9.53 Å². The fourth-order valence-electron chi connectivity index (χ4n) is 4.83. The first-order valence-corrected chi connectivity index (χ1v) is 8.13. The van der Waals surface area contributed by atoms with Gasteiger partial charge in [0.1, 0.15) is 6.07 Å². The van der Waals surface area contributed by atoms with Crippen LogP contribution in [0.4, 0.5) is 5.69 Å². The highest BCUT2D eigenvalue weighted by atomic mass is 16.6. The SMILES string of the molecule is CC12CCC(C)(O1)C1C(=O)N(c3ccc(C#N)c4nonc34)C(=O)C12. The summed E-state index contributed by atoms with van der Waals surface area (Å²) >= 11 is 0. The van der Waals surface area contributed by atoms with E-state index in [1.807, 2.05) is 19.9 Å². The predicted molar refractivity (Wildman–Crippen MR) is 83.1 cm³/mol. The molecule has 1 aromatic carbocycles. The minimum absolute atomic E-state index is 0.240. The lowest BCUT2D eigenvalue weighted by Gasteiger charge is -2.27. The van der Waals surface area contributed by atoms with Crippen LogP contribution in [0.2, 0.25) is 0 Å². The maximum absolute atomic E-state index is 13.1. The summed E-state index contributed by atoms with van der Waals surface area (Å²) in [6.07, 6.45) is 1.51. The number of imide groups is 1. The summed E-state index contributed by atoms with van der Waals surface area (Å²) in [5.74, 6) is -1.56. The van der Waals surface area contributed by atoms with Crippen molar-refractivity contribution in [3.63, 3.8) is 0 Å². The molecule has 3 aliphatic rings. The standard InChI is InChI=1S/C17H14N4O4/c1-16-5-6-17(2,24-16)11-10(16)14(22)21(15(11)23)9-4-3-8(7-18)12-13(9)20-25-19-12/h3-4,10-11H,5-6H2,1-2H3. The van der Waals surface area contributed by atoms with Gasteiger partial charge >= 0.3 is 0 Å². The average molecular weight is 338 g/mol. The zero-order chi connectivity index (χ0) is 17.6. The Morgan fingerprint density at radius 3 is 2.32 bits per heavy atom. The van der Waals surface area contributed by atoms with Gasteiger partial charge in [-0.05, 0) is 49.1 Å². The van der Waals surface area contributed by atoms with Gasteiger partial charge < -0.3 is 4.74 Å². The van der Waals surface area contributed by atoms with Crippen molar-refractivity contribution in [3.8, 4) is 6.07 Å². The molecule has 1 aromatic heterocycles. The van der Waals surface area contributed by atoms with Crippen LogP contribution in [-0.4, -0.2) is 33.3 Å². The van der Waals surface area contributed by atoms with Crippen LogP contribution in [0.3, 0.4) is 0 Å². The van der Waals surface area contributed by atoms with Crippen molar-refractivity contribution in [2.75, 3.05) is 4.90 Å². The Kier molecular flexibility index (Phi) is 2.47. The zero-order valence-electron chi connectivity index (χ0n) is 13.6. The van der Waals surface area contributed by atoms with E-state index in [2.05, 4.69) is 10.3 Å². The van der Waals surface area contributed by atoms with E-state index in [9.17, 15) is 9.59 Å². The Bertz CT molecular complexity index is 974. The van der Waals surface area contributed by atoms with E-state index in [0.29, 0.717) is 5.69 Å². The van der Waals surface area contributed by atoms with E-state index in [0.717, 1.165) is 12.8 Å². The third-order valence-electron chi connectivity index (χ3n) is 5.96. The summed E-state index contributed by atoms with van der Waals surface area (Å²) in [5.41, 5.74) is -0.157. The van der Waals surface area contributed by atoms with Crippen molar-refractivity contribution < 1.29 is 19.0 Å². The number of rotatable bonds is 1. The molecule has 3 fully saturated rings. The Morgan fingerprint density at radius 1 is 1.12 bits per heavy atom. The van der Waals surface area contributed by atoms with Crippen molar-refractivity contribution in [2.45, 2.75) is 37.9 Å². The number of hydrogen-bond donors (Lipinski definition) is 0. The highest BCUT2D eigenvalue weighted by Gasteiger charge is 2.72. The van der Waals surface area contributed by atoms with E-state index in [1.54, 1.807) is 6.07 Å². The average Bonchev–Trinajstić information content (AvgIpc) is 3.28. The van der Waals surface area contributed by atoms with Gasteiger partial charge in [-0.15, -0.1) is 0 Å². The van der Waals surface area contributed by atoms with Gasteiger partial charge in [0.15, 0.2) is 11.0 Å². The second kappa shape index (κ2) is 4.24. The number of ether oxygens (including phenoxy) is 1. The quantitative estimate of drug-likeness (QED) is 0.725. The second-order valence-corrected chi connectivity index (χ2v) is 7.40. The van der Waals surface area contributed by atoms with Crippen LogP contribution in [0.15, 0.2) is 16.8 Å². The molecule has 0 N–H and O–H groups in total. The van der Waals surface area contributed by atoms with Crippen molar-refractivity contribution in [1.82, 2.24) is 10.3 Å². The first-order valence-electron chi connectivity index (χ1n) is 8.13. The van der Waals surface area contributed by atoms with Gasteiger partial charge in [0.25, 0.3) is 0 Å².